The van der Waals surface area contributed by atoms with E-state index in [1.54, 1.807) is 6.41 Å². The summed E-state index contributed by atoms with van der Waals surface area (Å²) in [5.41, 5.74) is 0. The fourth-order valence-corrected chi connectivity index (χ4v) is 1.37. The largest absolute Gasteiger partial charge is 0.347 e. The quantitative estimate of drug-likeness (QED) is 0.514. The van der Waals surface area contributed by atoms with Crippen LogP contribution in [0, 0.1) is 0 Å². The topological polar surface area (TPSA) is 32.3 Å². The second-order valence-electron chi connectivity index (χ2n) is 3.23. The molecule has 0 bridgehead atoms. The average Bonchev–Trinajstić information content (AvgIpc) is 2.08. The zero-order valence-electron chi connectivity index (χ0n) is 7.35. The number of halogens is 2. The van der Waals surface area contributed by atoms with E-state index in [9.17, 15) is 13.6 Å². The van der Waals surface area contributed by atoms with E-state index < -0.39 is 5.92 Å². The first-order chi connectivity index (χ1) is 6.14. The normalized spacial score (nSPS) is 22.6. The second kappa shape index (κ2) is 4.50. The summed E-state index contributed by atoms with van der Waals surface area (Å²) < 4.78 is 25.3. The molecule has 1 aliphatic heterocycles. The molecule has 1 aliphatic rings. The third-order valence-electron chi connectivity index (χ3n) is 2.21. The fourth-order valence-electron chi connectivity index (χ4n) is 1.37. The van der Waals surface area contributed by atoms with Crippen molar-refractivity contribution in [3.63, 3.8) is 0 Å². The van der Waals surface area contributed by atoms with Gasteiger partial charge in [-0.05, 0) is 0 Å². The minimum Gasteiger partial charge on any atom is -0.347 e. The van der Waals surface area contributed by atoms with Crippen LogP contribution in [0.15, 0.2) is 0 Å². The van der Waals surface area contributed by atoms with E-state index in [1.807, 2.05) is 4.90 Å². The maximum atomic E-state index is 12.7. The maximum absolute atomic E-state index is 12.7. The summed E-state index contributed by atoms with van der Waals surface area (Å²) in [7, 11) is 0. The van der Waals surface area contributed by atoms with Gasteiger partial charge < -0.3 is 10.2 Å². The number of hydrogen-bond acceptors (Lipinski definition) is 2. The van der Waals surface area contributed by atoms with E-state index in [0.717, 1.165) is 0 Å². The van der Waals surface area contributed by atoms with Gasteiger partial charge in [0.25, 0.3) is 5.92 Å². The van der Waals surface area contributed by atoms with Crippen LogP contribution >= 0.6 is 0 Å². The van der Waals surface area contributed by atoms with E-state index >= 15 is 0 Å². The van der Waals surface area contributed by atoms with Crippen molar-refractivity contribution >= 4 is 6.41 Å². The van der Waals surface area contributed by atoms with Gasteiger partial charge in [0, 0.05) is 39.0 Å². The standard InChI is InChI=1S/C8H13F2N2O/c9-8(10)1-4-12(5-2-8)6-3-11-7-13/h1-6H2,(H,11,13). The predicted molar refractivity (Wildman–Crippen MR) is 44.3 cm³/mol. The lowest BCUT2D eigenvalue weighted by molar-refractivity contribution is -0.0546. The van der Waals surface area contributed by atoms with E-state index in [-0.39, 0.29) is 12.8 Å². The minimum atomic E-state index is -2.49. The Balaban J connectivity index is 2.14. The number of carbonyl (C=O) groups excluding carboxylic acids is 1. The summed E-state index contributed by atoms with van der Waals surface area (Å²) in [6.45, 7) is 1.93. The van der Waals surface area contributed by atoms with Gasteiger partial charge in [0.1, 0.15) is 0 Å². The third-order valence-corrected chi connectivity index (χ3v) is 2.21. The van der Waals surface area contributed by atoms with Crippen molar-refractivity contribution in [1.82, 2.24) is 10.2 Å². The van der Waals surface area contributed by atoms with Crippen molar-refractivity contribution < 1.29 is 13.6 Å². The molecule has 0 saturated carbocycles. The number of alkyl halides is 2. The Morgan fingerprint density at radius 2 is 2.00 bits per heavy atom. The van der Waals surface area contributed by atoms with Crippen LogP contribution in [0.4, 0.5) is 8.78 Å². The Hall–Kier alpha value is -0.710. The van der Waals surface area contributed by atoms with Gasteiger partial charge in [-0.2, -0.15) is 0 Å². The Morgan fingerprint density at radius 3 is 2.54 bits per heavy atom. The van der Waals surface area contributed by atoms with E-state index in [0.29, 0.717) is 26.2 Å². The highest BCUT2D eigenvalue weighted by molar-refractivity contribution is 5.46. The Labute approximate surface area is 76.1 Å². The van der Waals surface area contributed by atoms with Crippen molar-refractivity contribution in [3.05, 3.63) is 0 Å². The van der Waals surface area contributed by atoms with Gasteiger partial charge in [0.15, 0.2) is 0 Å². The molecule has 1 N–H and O–H groups in total. The van der Waals surface area contributed by atoms with Crippen LogP contribution in [0.3, 0.4) is 0 Å². The highest BCUT2D eigenvalue weighted by Gasteiger charge is 2.33. The van der Waals surface area contributed by atoms with Crippen molar-refractivity contribution in [2.24, 2.45) is 0 Å². The van der Waals surface area contributed by atoms with Crippen LogP contribution in [0.2, 0.25) is 0 Å². The highest BCUT2D eigenvalue weighted by Crippen LogP contribution is 2.27. The Morgan fingerprint density at radius 1 is 1.38 bits per heavy atom. The molecule has 0 spiro atoms. The van der Waals surface area contributed by atoms with Gasteiger partial charge in [-0.1, -0.05) is 0 Å². The molecule has 13 heavy (non-hydrogen) atoms. The summed E-state index contributed by atoms with van der Waals surface area (Å²) in [5.74, 6) is -2.49. The van der Waals surface area contributed by atoms with Crippen LogP contribution < -0.4 is 5.32 Å². The summed E-state index contributed by atoms with van der Waals surface area (Å²) in [6.07, 6.45) is 1.41. The van der Waals surface area contributed by atoms with Crippen LogP contribution in [-0.4, -0.2) is 43.4 Å². The molecule has 75 valence electrons. The molecule has 0 aliphatic carbocycles. The summed E-state index contributed by atoms with van der Waals surface area (Å²) in [6, 6.07) is 0. The molecule has 5 heteroatoms. The monoisotopic (exact) mass is 191 g/mol. The van der Waals surface area contributed by atoms with Gasteiger partial charge in [-0.25, -0.2) is 8.78 Å². The van der Waals surface area contributed by atoms with Crippen molar-refractivity contribution in [1.29, 1.82) is 0 Å². The Kier molecular flexibility index (Phi) is 3.59. The van der Waals surface area contributed by atoms with Crippen LogP contribution in [0.5, 0.6) is 0 Å². The van der Waals surface area contributed by atoms with E-state index in [1.165, 1.54) is 0 Å². The van der Waals surface area contributed by atoms with Gasteiger partial charge in [-0.3, -0.25) is 4.79 Å². The van der Waals surface area contributed by atoms with Gasteiger partial charge in [0.2, 0.25) is 0 Å². The lowest BCUT2D eigenvalue weighted by Crippen LogP contribution is -2.42. The number of rotatable bonds is 4. The molecular weight excluding hydrogens is 178 g/mol. The Bertz CT molecular complexity index is 166. The number of likely N-dealkylation sites (tertiary alicyclic amines) is 1. The molecule has 0 aromatic heterocycles. The molecule has 0 unspecified atom stereocenters. The smallest absolute Gasteiger partial charge is 0.309 e. The predicted octanol–water partition coefficient (Wildman–Crippen LogP) is 0.374. The van der Waals surface area contributed by atoms with E-state index in [4.69, 9.17) is 0 Å². The first kappa shape index (κ1) is 10.4. The van der Waals surface area contributed by atoms with Gasteiger partial charge in [-0.15, -0.1) is 0 Å². The molecule has 0 aromatic rings. The molecule has 1 heterocycles. The number of hydrogen-bond donors (Lipinski definition) is 1. The SMILES string of the molecule is O=[C]NCCN1CCC(F)(F)CC1. The van der Waals surface area contributed by atoms with Crippen LogP contribution in [0.25, 0.3) is 0 Å². The zero-order chi connectivity index (χ0) is 9.73. The van der Waals surface area contributed by atoms with E-state index in [2.05, 4.69) is 5.32 Å². The van der Waals surface area contributed by atoms with Crippen LogP contribution in [0.1, 0.15) is 12.8 Å². The summed E-state index contributed by atoms with van der Waals surface area (Å²) in [5, 5.41) is 2.38. The molecule has 1 radical (unpaired) electrons. The minimum absolute atomic E-state index is 0.0716. The first-order valence-corrected chi connectivity index (χ1v) is 4.34. The zero-order valence-corrected chi connectivity index (χ0v) is 7.35. The molecule has 1 amide bonds. The number of nitrogens with zero attached hydrogens (tertiary/aromatic N) is 1. The fraction of sp³-hybridized carbons (Fsp3) is 0.875. The molecule has 1 saturated heterocycles. The third kappa shape index (κ3) is 3.67. The number of nitrogens with one attached hydrogen (secondary N) is 1. The first-order valence-electron chi connectivity index (χ1n) is 4.34. The average molecular weight is 191 g/mol. The molecule has 0 aromatic carbocycles. The second-order valence-corrected chi connectivity index (χ2v) is 3.23. The number of amides is 1. The molecule has 1 rings (SSSR count). The summed E-state index contributed by atoms with van der Waals surface area (Å²) in [4.78, 5) is 11.7. The van der Waals surface area contributed by atoms with Crippen LogP contribution in [-0.2, 0) is 4.79 Å². The maximum Gasteiger partial charge on any atom is 0.309 e. The summed E-state index contributed by atoms with van der Waals surface area (Å²) >= 11 is 0. The lowest BCUT2D eigenvalue weighted by Gasteiger charge is -2.31. The van der Waals surface area contributed by atoms with Crippen molar-refractivity contribution in [3.8, 4) is 0 Å². The molecule has 1 fully saturated rings. The number of piperidine rings is 1. The van der Waals surface area contributed by atoms with Crippen molar-refractivity contribution in [2.75, 3.05) is 26.2 Å². The molecular formula is C8H13F2N2O. The molecule has 0 atom stereocenters. The van der Waals surface area contributed by atoms with Gasteiger partial charge in [0.05, 0.1) is 0 Å². The van der Waals surface area contributed by atoms with Crippen molar-refractivity contribution in [2.45, 2.75) is 18.8 Å². The highest BCUT2D eigenvalue weighted by atomic mass is 19.3. The van der Waals surface area contributed by atoms with Gasteiger partial charge >= 0.3 is 6.41 Å². The molecule has 3 nitrogen and oxygen atoms in total. The lowest BCUT2D eigenvalue weighted by atomic mass is 10.1.